The quantitative estimate of drug-likeness (QED) is 0.504. The van der Waals surface area contributed by atoms with E-state index in [1.807, 2.05) is 26.8 Å². The molecule has 1 amide bonds. The van der Waals surface area contributed by atoms with Crippen LogP contribution in [-0.4, -0.2) is 25.0 Å². The van der Waals surface area contributed by atoms with Crippen LogP contribution in [0.15, 0.2) is 32.0 Å². The second kappa shape index (κ2) is 8.11. The Kier molecular flexibility index (Phi) is 5.77. The van der Waals surface area contributed by atoms with Gasteiger partial charge in [0.2, 0.25) is 5.91 Å². The molecule has 1 atom stereocenters. The summed E-state index contributed by atoms with van der Waals surface area (Å²) in [6.07, 6.45) is 1.91. The van der Waals surface area contributed by atoms with E-state index in [9.17, 15) is 14.4 Å². The van der Waals surface area contributed by atoms with Crippen molar-refractivity contribution in [2.24, 2.45) is 5.92 Å². The van der Waals surface area contributed by atoms with Gasteiger partial charge in [-0.3, -0.25) is 4.79 Å². The van der Waals surface area contributed by atoms with Gasteiger partial charge in [-0.2, -0.15) is 0 Å². The zero-order valence-corrected chi connectivity index (χ0v) is 17.3. The lowest BCUT2D eigenvalue weighted by molar-refractivity contribution is -0.145. The normalized spacial score (nSPS) is 12.5. The fourth-order valence-corrected chi connectivity index (χ4v) is 3.48. The third-order valence-electron chi connectivity index (χ3n) is 5.04. The van der Waals surface area contributed by atoms with Crippen molar-refractivity contribution in [3.05, 3.63) is 45.5 Å². The molecule has 3 rings (SSSR count). The Balaban J connectivity index is 1.93. The molecule has 0 fully saturated rings. The fraction of sp³-hybridized carbons (Fsp3) is 0.409. The molecule has 0 aliphatic carbocycles. The Hall–Kier alpha value is -3.09. The van der Waals surface area contributed by atoms with Crippen molar-refractivity contribution in [2.75, 3.05) is 7.11 Å². The summed E-state index contributed by atoms with van der Waals surface area (Å²) in [4.78, 5) is 37.0. The molecule has 0 radical (unpaired) electrons. The minimum Gasteiger partial charge on any atom is -0.467 e. The summed E-state index contributed by atoms with van der Waals surface area (Å²) < 4.78 is 15.7. The van der Waals surface area contributed by atoms with Crippen LogP contribution in [0.2, 0.25) is 0 Å². The lowest BCUT2D eigenvalue weighted by Gasteiger charge is -2.18. The first kappa shape index (κ1) is 20.6. The summed E-state index contributed by atoms with van der Waals surface area (Å²) in [5, 5.41) is 4.35. The molecule has 1 unspecified atom stereocenters. The molecule has 0 aliphatic heterocycles. The van der Waals surface area contributed by atoms with Crippen LogP contribution in [0.5, 0.6) is 0 Å². The molecule has 7 nitrogen and oxygen atoms in total. The number of rotatable bonds is 6. The molecule has 0 saturated carbocycles. The van der Waals surface area contributed by atoms with Crippen LogP contribution in [0.4, 0.5) is 0 Å². The van der Waals surface area contributed by atoms with Crippen molar-refractivity contribution in [1.82, 2.24) is 5.32 Å². The number of amides is 1. The van der Waals surface area contributed by atoms with Gasteiger partial charge in [-0.05, 0) is 43.4 Å². The average molecular weight is 399 g/mol. The molecule has 0 spiro atoms. The van der Waals surface area contributed by atoms with Crippen LogP contribution >= 0.6 is 0 Å². The van der Waals surface area contributed by atoms with E-state index in [0.29, 0.717) is 23.2 Å². The summed E-state index contributed by atoms with van der Waals surface area (Å²) >= 11 is 0. The lowest BCUT2D eigenvalue weighted by atomic mass is 10.0. The van der Waals surface area contributed by atoms with Gasteiger partial charge in [0.25, 0.3) is 0 Å². The van der Waals surface area contributed by atoms with Crippen LogP contribution in [0.1, 0.15) is 37.0 Å². The van der Waals surface area contributed by atoms with Crippen LogP contribution in [0, 0.1) is 19.8 Å². The molecule has 2 heterocycles. The van der Waals surface area contributed by atoms with Crippen molar-refractivity contribution >= 4 is 33.8 Å². The van der Waals surface area contributed by atoms with Crippen molar-refractivity contribution in [2.45, 2.75) is 46.6 Å². The van der Waals surface area contributed by atoms with E-state index in [1.54, 1.807) is 19.3 Å². The molecule has 7 heteroatoms. The highest BCUT2D eigenvalue weighted by Gasteiger charge is 2.24. The molecule has 0 saturated heterocycles. The molecule has 0 aliphatic rings. The predicted octanol–water partition coefficient (Wildman–Crippen LogP) is 3.40. The van der Waals surface area contributed by atoms with Crippen molar-refractivity contribution < 1.29 is 23.2 Å². The Morgan fingerprint density at radius 3 is 2.52 bits per heavy atom. The van der Waals surface area contributed by atoms with Gasteiger partial charge in [0.1, 0.15) is 17.2 Å². The van der Waals surface area contributed by atoms with Crippen molar-refractivity contribution in [1.29, 1.82) is 0 Å². The molecule has 0 bridgehead atoms. The first-order valence-electron chi connectivity index (χ1n) is 9.52. The number of hydrogen-bond acceptors (Lipinski definition) is 6. The summed E-state index contributed by atoms with van der Waals surface area (Å²) in [5.41, 5.74) is 2.38. The Morgan fingerprint density at radius 2 is 1.86 bits per heavy atom. The number of nitrogens with one attached hydrogen (secondary N) is 1. The minimum absolute atomic E-state index is 0.182. The maximum Gasteiger partial charge on any atom is 0.340 e. The highest BCUT2D eigenvalue weighted by atomic mass is 16.5. The van der Waals surface area contributed by atoms with Gasteiger partial charge in [0, 0.05) is 16.8 Å². The Labute approximate surface area is 168 Å². The number of furan rings is 1. The van der Waals surface area contributed by atoms with Gasteiger partial charge in [-0.25, -0.2) is 9.59 Å². The van der Waals surface area contributed by atoms with Crippen LogP contribution in [-0.2, 0) is 20.7 Å². The average Bonchev–Trinajstić information content (AvgIpc) is 3.02. The third-order valence-corrected chi connectivity index (χ3v) is 5.04. The first-order chi connectivity index (χ1) is 13.7. The van der Waals surface area contributed by atoms with Crippen LogP contribution in [0.3, 0.4) is 0 Å². The molecular formula is C22H25NO6. The third kappa shape index (κ3) is 4.18. The number of methoxy groups -OCH3 is 1. The van der Waals surface area contributed by atoms with E-state index in [0.717, 1.165) is 16.3 Å². The summed E-state index contributed by atoms with van der Waals surface area (Å²) in [6.45, 7) is 7.61. The predicted molar refractivity (Wildman–Crippen MR) is 109 cm³/mol. The molecular weight excluding hydrogens is 374 g/mol. The SMILES string of the molecule is COC(=O)C(CC(C)C)NC(=O)Cc1c(C)c2cc3c(C)coc3cc2oc1=O. The molecule has 154 valence electrons. The number of carbonyl (C=O) groups is 2. The number of carbonyl (C=O) groups excluding carboxylic acids is 2. The minimum atomic E-state index is -0.756. The number of hydrogen-bond donors (Lipinski definition) is 1. The maximum absolute atomic E-state index is 12.6. The second-order valence-corrected chi connectivity index (χ2v) is 7.71. The highest BCUT2D eigenvalue weighted by Crippen LogP contribution is 2.28. The monoisotopic (exact) mass is 399 g/mol. The van der Waals surface area contributed by atoms with Crippen LogP contribution < -0.4 is 10.9 Å². The Bertz CT molecular complexity index is 1140. The standard InChI is InChI=1S/C22H25NO6/c1-11(2)6-17(22(26)27-5)23-20(24)8-16-13(4)15-7-14-12(3)10-28-18(14)9-19(15)29-21(16)25/h7,9-11,17H,6,8H2,1-5H3,(H,23,24). The number of fused-ring (bicyclic) bond motifs is 2. The summed E-state index contributed by atoms with van der Waals surface area (Å²) in [5.74, 6) is -0.754. The zero-order valence-electron chi connectivity index (χ0n) is 17.3. The topological polar surface area (TPSA) is 98.8 Å². The lowest BCUT2D eigenvalue weighted by Crippen LogP contribution is -2.43. The van der Waals surface area contributed by atoms with Crippen LogP contribution in [0.25, 0.3) is 21.9 Å². The van der Waals surface area contributed by atoms with E-state index in [1.165, 1.54) is 7.11 Å². The van der Waals surface area contributed by atoms with E-state index in [4.69, 9.17) is 13.6 Å². The fourth-order valence-electron chi connectivity index (χ4n) is 3.48. The van der Waals surface area contributed by atoms with Gasteiger partial charge >= 0.3 is 11.6 Å². The largest absolute Gasteiger partial charge is 0.467 e. The smallest absolute Gasteiger partial charge is 0.340 e. The van der Waals surface area contributed by atoms with Crippen molar-refractivity contribution in [3.63, 3.8) is 0 Å². The van der Waals surface area contributed by atoms with Gasteiger partial charge in [0.05, 0.1) is 25.4 Å². The number of esters is 1. The summed E-state index contributed by atoms with van der Waals surface area (Å²) in [7, 11) is 1.28. The molecule has 3 aromatic rings. The molecule has 1 aromatic carbocycles. The van der Waals surface area contributed by atoms with Gasteiger partial charge in [-0.1, -0.05) is 13.8 Å². The molecule has 1 N–H and O–H groups in total. The van der Waals surface area contributed by atoms with Gasteiger partial charge < -0.3 is 18.9 Å². The maximum atomic E-state index is 12.6. The van der Waals surface area contributed by atoms with Crippen molar-refractivity contribution in [3.8, 4) is 0 Å². The van der Waals surface area contributed by atoms with Gasteiger partial charge in [-0.15, -0.1) is 0 Å². The van der Waals surface area contributed by atoms with E-state index in [2.05, 4.69) is 5.32 Å². The Morgan fingerprint density at radius 1 is 1.14 bits per heavy atom. The number of ether oxygens (including phenoxy) is 1. The number of benzene rings is 1. The second-order valence-electron chi connectivity index (χ2n) is 7.71. The molecule has 29 heavy (non-hydrogen) atoms. The van der Waals surface area contributed by atoms with E-state index in [-0.39, 0.29) is 17.9 Å². The zero-order chi connectivity index (χ0) is 21.3. The number of aryl methyl sites for hydroxylation is 2. The van der Waals surface area contributed by atoms with Gasteiger partial charge in [0.15, 0.2) is 0 Å². The highest BCUT2D eigenvalue weighted by molar-refractivity contribution is 5.96. The molecule has 2 aromatic heterocycles. The summed E-state index contributed by atoms with van der Waals surface area (Å²) in [6, 6.07) is 2.83. The van der Waals surface area contributed by atoms with E-state index >= 15 is 0 Å². The van der Waals surface area contributed by atoms with E-state index < -0.39 is 23.5 Å². The first-order valence-corrected chi connectivity index (χ1v) is 9.52.